The predicted molar refractivity (Wildman–Crippen MR) is 111 cm³/mol. The third-order valence-corrected chi connectivity index (χ3v) is 3.73. The summed E-state index contributed by atoms with van der Waals surface area (Å²) < 4.78 is 5.46. The number of rotatable bonds is 8. The van der Waals surface area contributed by atoms with Crippen LogP contribution in [0.4, 0.5) is 5.69 Å². The summed E-state index contributed by atoms with van der Waals surface area (Å²) in [6.07, 6.45) is 2.10. The Balaban J connectivity index is 1.82. The number of carbonyl (C=O) groups is 3. The number of carbonyl (C=O) groups excluding carboxylic acids is 3. The molecule has 0 fully saturated rings. The fourth-order valence-corrected chi connectivity index (χ4v) is 2.22. The van der Waals surface area contributed by atoms with Crippen molar-refractivity contribution >= 4 is 41.2 Å². The molecule has 3 N–H and O–H groups in total. The van der Waals surface area contributed by atoms with Crippen LogP contribution in [0.5, 0.6) is 5.75 Å². The van der Waals surface area contributed by atoms with Crippen LogP contribution in [0.25, 0.3) is 0 Å². The van der Waals surface area contributed by atoms with Crippen LogP contribution >= 0.6 is 11.6 Å². The quantitative estimate of drug-likeness (QED) is 0.348. The van der Waals surface area contributed by atoms with Crippen LogP contribution in [-0.2, 0) is 14.4 Å². The maximum absolute atomic E-state index is 12.0. The number of hydrogen-bond donors (Lipinski definition) is 3. The first-order valence-corrected chi connectivity index (χ1v) is 9.25. The summed E-state index contributed by atoms with van der Waals surface area (Å²) in [6, 6.07) is 13.5. The smallest absolute Gasteiger partial charge is 0.329 e. The van der Waals surface area contributed by atoms with E-state index in [1.807, 2.05) is 6.92 Å². The number of hydrazone groups is 1. The molecule has 152 valence electrons. The van der Waals surface area contributed by atoms with E-state index in [-0.39, 0.29) is 12.5 Å². The zero-order valence-electron chi connectivity index (χ0n) is 15.8. The lowest BCUT2D eigenvalue weighted by atomic mass is 10.2. The topological polar surface area (TPSA) is 109 Å². The fraction of sp³-hybridized carbons (Fsp3) is 0.200. The van der Waals surface area contributed by atoms with Crippen molar-refractivity contribution in [1.82, 2.24) is 10.7 Å². The Morgan fingerprint density at radius 3 is 2.59 bits per heavy atom. The van der Waals surface area contributed by atoms with Crippen molar-refractivity contribution in [3.63, 3.8) is 0 Å². The van der Waals surface area contributed by atoms with Crippen molar-refractivity contribution in [3.05, 3.63) is 59.1 Å². The molecule has 0 radical (unpaired) electrons. The maximum atomic E-state index is 12.0. The molecule has 0 spiro atoms. The van der Waals surface area contributed by atoms with Gasteiger partial charge in [0.25, 0.3) is 5.91 Å². The Bertz CT molecular complexity index is 884. The summed E-state index contributed by atoms with van der Waals surface area (Å²) in [4.78, 5) is 34.9. The van der Waals surface area contributed by atoms with Crippen LogP contribution in [-0.4, -0.2) is 37.1 Å². The first-order valence-electron chi connectivity index (χ1n) is 8.87. The Morgan fingerprint density at radius 2 is 1.86 bits per heavy atom. The van der Waals surface area contributed by atoms with Gasteiger partial charge in [-0.3, -0.25) is 14.4 Å². The van der Waals surface area contributed by atoms with E-state index in [0.29, 0.717) is 28.6 Å². The fourth-order valence-electron chi connectivity index (χ4n) is 2.10. The summed E-state index contributed by atoms with van der Waals surface area (Å²) in [6.45, 7) is 2.12. The van der Waals surface area contributed by atoms with Crippen molar-refractivity contribution < 1.29 is 19.1 Å². The summed E-state index contributed by atoms with van der Waals surface area (Å²) in [7, 11) is 0. The first-order chi connectivity index (χ1) is 14.0. The second-order valence-corrected chi connectivity index (χ2v) is 6.31. The normalized spacial score (nSPS) is 10.4. The van der Waals surface area contributed by atoms with Crippen LogP contribution in [0.15, 0.2) is 53.6 Å². The molecular formula is C20H21ClN4O4. The number of ether oxygens (including phenoxy) is 1. The van der Waals surface area contributed by atoms with Crippen molar-refractivity contribution in [1.29, 1.82) is 0 Å². The molecular weight excluding hydrogens is 396 g/mol. The second-order valence-electron chi connectivity index (χ2n) is 5.87. The van der Waals surface area contributed by atoms with Crippen LogP contribution in [0.3, 0.4) is 0 Å². The summed E-state index contributed by atoms with van der Waals surface area (Å²) in [5.74, 6) is -1.46. The van der Waals surface area contributed by atoms with Gasteiger partial charge in [-0.15, -0.1) is 0 Å². The minimum absolute atomic E-state index is 0.183. The van der Waals surface area contributed by atoms with Gasteiger partial charge in [-0.25, -0.2) is 5.43 Å². The van der Waals surface area contributed by atoms with Gasteiger partial charge in [0, 0.05) is 17.3 Å². The minimum atomic E-state index is -0.846. The maximum Gasteiger partial charge on any atom is 0.329 e. The molecule has 8 nitrogen and oxygen atoms in total. The predicted octanol–water partition coefficient (Wildman–Crippen LogP) is 2.33. The number of hydrogen-bond acceptors (Lipinski definition) is 5. The van der Waals surface area contributed by atoms with E-state index in [4.69, 9.17) is 16.3 Å². The number of nitrogens with zero attached hydrogens (tertiary/aromatic N) is 1. The van der Waals surface area contributed by atoms with E-state index in [1.165, 1.54) is 6.21 Å². The molecule has 0 bridgehead atoms. The standard InChI is InChI=1S/C20H21ClN4O4/c1-2-10-22-19(27)20(28)25-23-12-14-4-3-5-17(11-14)29-13-18(26)24-16-8-6-15(21)7-9-16/h3-9,11-12H,2,10,13H2,1H3,(H,22,27)(H,24,26)(H,25,28)/b23-12-. The van der Waals surface area contributed by atoms with Gasteiger partial charge >= 0.3 is 11.8 Å². The Labute approximate surface area is 173 Å². The number of benzene rings is 2. The van der Waals surface area contributed by atoms with Crippen molar-refractivity contribution in [2.24, 2.45) is 5.10 Å². The molecule has 0 aliphatic carbocycles. The van der Waals surface area contributed by atoms with E-state index in [0.717, 1.165) is 6.42 Å². The molecule has 0 heterocycles. The van der Waals surface area contributed by atoms with Gasteiger partial charge in [0.05, 0.1) is 6.21 Å². The molecule has 0 unspecified atom stereocenters. The average molecular weight is 417 g/mol. The molecule has 3 amide bonds. The zero-order chi connectivity index (χ0) is 21.1. The van der Waals surface area contributed by atoms with Gasteiger partial charge in [0.2, 0.25) is 0 Å². The monoisotopic (exact) mass is 416 g/mol. The van der Waals surface area contributed by atoms with Crippen LogP contribution < -0.4 is 20.8 Å². The van der Waals surface area contributed by atoms with Gasteiger partial charge in [0.15, 0.2) is 6.61 Å². The number of halogens is 1. The zero-order valence-corrected chi connectivity index (χ0v) is 16.5. The molecule has 0 aliphatic heterocycles. The Morgan fingerprint density at radius 1 is 1.10 bits per heavy atom. The lowest BCUT2D eigenvalue weighted by molar-refractivity contribution is -0.139. The molecule has 0 aromatic heterocycles. The third-order valence-electron chi connectivity index (χ3n) is 3.48. The molecule has 0 saturated heterocycles. The van der Waals surface area contributed by atoms with Crippen LogP contribution in [0, 0.1) is 0 Å². The van der Waals surface area contributed by atoms with E-state index in [2.05, 4.69) is 21.2 Å². The first kappa shape index (κ1) is 21.9. The average Bonchev–Trinajstić information content (AvgIpc) is 2.72. The highest BCUT2D eigenvalue weighted by atomic mass is 35.5. The van der Waals surface area contributed by atoms with Gasteiger partial charge in [0.1, 0.15) is 5.75 Å². The lowest BCUT2D eigenvalue weighted by Gasteiger charge is -2.08. The molecule has 0 saturated carbocycles. The summed E-state index contributed by atoms with van der Waals surface area (Å²) >= 11 is 5.80. The molecule has 0 atom stereocenters. The largest absolute Gasteiger partial charge is 0.484 e. The summed E-state index contributed by atoms with van der Waals surface area (Å²) in [5.41, 5.74) is 3.38. The van der Waals surface area contributed by atoms with Gasteiger partial charge in [-0.05, 0) is 48.4 Å². The summed E-state index contributed by atoms with van der Waals surface area (Å²) in [5, 5.41) is 9.46. The molecule has 29 heavy (non-hydrogen) atoms. The number of anilines is 1. The van der Waals surface area contributed by atoms with Crippen molar-refractivity contribution in [3.8, 4) is 5.75 Å². The van der Waals surface area contributed by atoms with E-state index in [1.54, 1.807) is 48.5 Å². The highest BCUT2D eigenvalue weighted by molar-refractivity contribution is 6.35. The molecule has 9 heteroatoms. The van der Waals surface area contributed by atoms with Crippen LogP contribution in [0.2, 0.25) is 5.02 Å². The minimum Gasteiger partial charge on any atom is -0.484 e. The molecule has 2 aromatic carbocycles. The van der Waals surface area contributed by atoms with Crippen molar-refractivity contribution in [2.45, 2.75) is 13.3 Å². The van der Waals surface area contributed by atoms with E-state index < -0.39 is 11.8 Å². The van der Waals surface area contributed by atoms with Crippen LogP contribution in [0.1, 0.15) is 18.9 Å². The number of nitrogens with one attached hydrogen (secondary N) is 3. The molecule has 0 aliphatic rings. The molecule has 2 rings (SSSR count). The highest BCUT2D eigenvalue weighted by Crippen LogP contribution is 2.14. The third kappa shape index (κ3) is 8.02. The van der Waals surface area contributed by atoms with Gasteiger partial charge in [-0.2, -0.15) is 5.10 Å². The SMILES string of the molecule is CCCNC(=O)C(=O)N/N=C\c1cccc(OCC(=O)Nc2ccc(Cl)cc2)c1. The Hall–Kier alpha value is -3.39. The highest BCUT2D eigenvalue weighted by Gasteiger charge is 2.10. The van der Waals surface area contributed by atoms with Crippen molar-refractivity contribution in [2.75, 3.05) is 18.5 Å². The molecule has 2 aromatic rings. The Kier molecular flexibility index (Phi) is 8.65. The van der Waals surface area contributed by atoms with Gasteiger partial charge in [-0.1, -0.05) is 30.7 Å². The second kappa shape index (κ2) is 11.5. The van der Waals surface area contributed by atoms with Gasteiger partial charge < -0.3 is 15.4 Å². The number of amides is 3. The van der Waals surface area contributed by atoms with E-state index in [9.17, 15) is 14.4 Å². The lowest BCUT2D eigenvalue weighted by Crippen LogP contribution is -2.38. The van der Waals surface area contributed by atoms with E-state index >= 15 is 0 Å².